The van der Waals surface area contributed by atoms with Crippen LogP contribution in [0.5, 0.6) is 0 Å². The molecule has 0 saturated carbocycles. The fraction of sp³-hybridized carbons (Fsp3) is 0.167. The van der Waals surface area contributed by atoms with Crippen LogP contribution in [0.4, 0.5) is 0 Å². The topological polar surface area (TPSA) is 17.1 Å². The van der Waals surface area contributed by atoms with Gasteiger partial charge in [0.25, 0.3) is 0 Å². The summed E-state index contributed by atoms with van der Waals surface area (Å²) in [7, 11) is 0. The second-order valence-electron chi connectivity index (χ2n) is 5.30. The van der Waals surface area contributed by atoms with Gasteiger partial charge in [-0.3, -0.25) is 4.79 Å². The zero-order valence-electron chi connectivity index (χ0n) is 11.4. The van der Waals surface area contributed by atoms with E-state index in [-0.39, 0.29) is 11.7 Å². The van der Waals surface area contributed by atoms with Crippen LogP contribution in [0.2, 0.25) is 10.0 Å². The predicted octanol–water partition coefficient (Wildman–Crippen LogP) is 5.52. The van der Waals surface area contributed by atoms with Gasteiger partial charge < -0.3 is 0 Å². The number of hydrogen-bond donors (Lipinski definition) is 0. The summed E-state index contributed by atoms with van der Waals surface area (Å²) in [6.07, 6.45) is 3.17. The van der Waals surface area contributed by atoms with Gasteiger partial charge in [0.2, 0.25) is 0 Å². The van der Waals surface area contributed by atoms with Crippen molar-refractivity contribution in [2.75, 3.05) is 0 Å². The van der Waals surface area contributed by atoms with Crippen LogP contribution in [0.25, 0.3) is 5.57 Å². The molecule has 21 heavy (non-hydrogen) atoms. The highest BCUT2D eigenvalue weighted by Gasteiger charge is 2.22. The minimum Gasteiger partial charge on any atom is -0.295 e. The van der Waals surface area contributed by atoms with E-state index in [1.807, 2.05) is 48.5 Å². The van der Waals surface area contributed by atoms with Crippen LogP contribution in [-0.2, 0) is 4.79 Å². The molecule has 1 aliphatic carbocycles. The molecule has 2 aromatic carbocycles. The molecule has 3 heteroatoms. The summed E-state index contributed by atoms with van der Waals surface area (Å²) in [4.78, 5) is 12.0. The lowest BCUT2D eigenvalue weighted by atomic mass is 9.81. The van der Waals surface area contributed by atoms with Crippen LogP contribution in [0.3, 0.4) is 0 Å². The minimum atomic E-state index is 0.172. The molecule has 0 radical (unpaired) electrons. The van der Waals surface area contributed by atoms with Crippen molar-refractivity contribution in [3.63, 3.8) is 0 Å². The normalized spacial score (nSPS) is 18.5. The van der Waals surface area contributed by atoms with E-state index in [2.05, 4.69) is 0 Å². The van der Waals surface area contributed by atoms with Crippen molar-refractivity contribution in [3.05, 3.63) is 75.8 Å². The number of ketones is 1. The number of benzene rings is 2. The van der Waals surface area contributed by atoms with E-state index in [4.69, 9.17) is 23.2 Å². The van der Waals surface area contributed by atoms with Gasteiger partial charge in [0.15, 0.2) is 5.78 Å². The van der Waals surface area contributed by atoms with Crippen LogP contribution in [0.15, 0.2) is 54.6 Å². The Kier molecular flexibility index (Phi) is 4.14. The minimum absolute atomic E-state index is 0.172. The first-order valence-corrected chi connectivity index (χ1v) is 7.62. The van der Waals surface area contributed by atoms with Crippen molar-refractivity contribution in [1.82, 2.24) is 0 Å². The van der Waals surface area contributed by atoms with Gasteiger partial charge in [0.05, 0.1) is 0 Å². The van der Waals surface area contributed by atoms with Gasteiger partial charge >= 0.3 is 0 Å². The summed E-state index contributed by atoms with van der Waals surface area (Å²) < 4.78 is 0. The second-order valence-corrected chi connectivity index (χ2v) is 6.17. The fourth-order valence-electron chi connectivity index (χ4n) is 2.73. The fourth-order valence-corrected chi connectivity index (χ4v) is 2.98. The van der Waals surface area contributed by atoms with Crippen molar-refractivity contribution in [2.45, 2.75) is 18.8 Å². The number of allylic oxidation sites excluding steroid dienone is 2. The molecule has 0 fully saturated rings. The Morgan fingerprint density at radius 1 is 0.810 bits per heavy atom. The lowest BCUT2D eigenvalue weighted by Crippen LogP contribution is -2.12. The molecular formula is C18H14Cl2O. The Hall–Kier alpha value is -1.57. The largest absolute Gasteiger partial charge is 0.295 e. The quantitative estimate of drug-likeness (QED) is 0.712. The number of carbonyl (C=O) groups excluding carboxylic acids is 1. The molecule has 2 aromatic rings. The van der Waals surface area contributed by atoms with Gasteiger partial charge in [0.1, 0.15) is 0 Å². The zero-order valence-corrected chi connectivity index (χ0v) is 12.9. The maximum atomic E-state index is 12.0. The maximum absolute atomic E-state index is 12.0. The second kappa shape index (κ2) is 6.05. The van der Waals surface area contributed by atoms with Crippen LogP contribution < -0.4 is 0 Å². The van der Waals surface area contributed by atoms with E-state index in [1.165, 1.54) is 0 Å². The highest BCUT2D eigenvalue weighted by molar-refractivity contribution is 6.30. The molecule has 0 saturated heterocycles. The van der Waals surface area contributed by atoms with E-state index in [9.17, 15) is 4.79 Å². The third kappa shape index (κ3) is 3.37. The van der Waals surface area contributed by atoms with Crippen molar-refractivity contribution in [3.8, 4) is 0 Å². The van der Waals surface area contributed by atoms with Crippen LogP contribution in [0.1, 0.15) is 29.9 Å². The van der Waals surface area contributed by atoms with E-state index in [1.54, 1.807) is 6.08 Å². The Morgan fingerprint density at radius 2 is 1.38 bits per heavy atom. The number of halogens is 2. The highest BCUT2D eigenvalue weighted by Crippen LogP contribution is 2.36. The van der Waals surface area contributed by atoms with Gasteiger partial charge in [-0.1, -0.05) is 47.5 Å². The lowest BCUT2D eigenvalue weighted by Gasteiger charge is -2.23. The van der Waals surface area contributed by atoms with Crippen molar-refractivity contribution >= 4 is 34.6 Å². The predicted molar refractivity (Wildman–Crippen MR) is 87.9 cm³/mol. The summed E-state index contributed by atoms with van der Waals surface area (Å²) in [5, 5.41) is 1.42. The SMILES string of the molecule is O=C1C=C(c2ccc(Cl)cc2)CC(c2ccc(Cl)cc2)C1. The Labute approximate surface area is 134 Å². The zero-order chi connectivity index (χ0) is 14.8. The summed E-state index contributed by atoms with van der Waals surface area (Å²) in [5.74, 6) is 0.386. The lowest BCUT2D eigenvalue weighted by molar-refractivity contribution is -0.115. The number of carbonyl (C=O) groups is 1. The highest BCUT2D eigenvalue weighted by atomic mass is 35.5. The average Bonchev–Trinajstić information content (AvgIpc) is 2.48. The van der Waals surface area contributed by atoms with Crippen molar-refractivity contribution < 1.29 is 4.79 Å². The molecule has 106 valence electrons. The van der Waals surface area contributed by atoms with Gasteiger partial charge in [-0.25, -0.2) is 0 Å². The van der Waals surface area contributed by atoms with Crippen molar-refractivity contribution in [1.29, 1.82) is 0 Å². The molecule has 0 amide bonds. The first-order valence-electron chi connectivity index (χ1n) is 6.86. The first-order chi connectivity index (χ1) is 10.1. The van der Waals surface area contributed by atoms with Gasteiger partial charge in [-0.2, -0.15) is 0 Å². The Balaban J connectivity index is 1.88. The summed E-state index contributed by atoms with van der Waals surface area (Å²) >= 11 is 11.8. The van der Waals surface area contributed by atoms with Crippen molar-refractivity contribution in [2.24, 2.45) is 0 Å². The van der Waals surface area contributed by atoms with E-state index in [0.29, 0.717) is 16.5 Å². The van der Waals surface area contributed by atoms with E-state index >= 15 is 0 Å². The number of rotatable bonds is 2. The molecule has 1 atom stereocenters. The molecule has 0 bridgehead atoms. The summed E-state index contributed by atoms with van der Waals surface area (Å²) in [6.45, 7) is 0. The molecule has 0 spiro atoms. The summed E-state index contributed by atoms with van der Waals surface area (Å²) in [5.41, 5.74) is 3.29. The monoisotopic (exact) mass is 316 g/mol. The maximum Gasteiger partial charge on any atom is 0.156 e. The standard InChI is InChI=1S/C18H14Cl2O/c19-16-5-1-12(2-6-16)14-9-15(11-18(21)10-14)13-3-7-17(20)8-4-13/h1-8,10,15H,9,11H2. The van der Waals surface area contributed by atoms with Crippen LogP contribution >= 0.6 is 23.2 Å². The third-order valence-electron chi connectivity index (χ3n) is 3.81. The van der Waals surface area contributed by atoms with Gasteiger partial charge in [-0.05, 0) is 59.4 Å². The average molecular weight is 317 g/mol. The Bertz CT molecular complexity index is 684. The van der Waals surface area contributed by atoms with E-state index < -0.39 is 0 Å². The molecule has 1 nitrogen and oxygen atoms in total. The molecular weight excluding hydrogens is 303 g/mol. The molecule has 1 aliphatic rings. The molecule has 0 N–H and O–H groups in total. The molecule has 1 unspecified atom stereocenters. The smallest absolute Gasteiger partial charge is 0.156 e. The molecule has 3 rings (SSSR count). The van der Waals surface area contributed by atoms with Crippen LogP contribution in [-0.4, -0.2) is 5.78 Å². The molecule has 0 aromatic heterocycles. The van der Waals surface area contributed by atoms with Gasteiger partial charge in [0, 0.05) is 16.5 Å². The Morgan fingerprint density at radius 3 is 2.00 bits per heavy atom. The molecule has 0 aliphatic heterocycles. The van der Waals surface area contributed by atoms with Gasteiger partial charge in [-0.15, -0.1) is 0 Å². The third-order valence-corrected chi connectivity index (χ3v) is 4.31. The molecule has 0 heterocycles. The first kappa shape index (κ1) is 14.4. The van der Waals surface area contributed by atoms with Crippen LogP contribution in [0, 0.1) is 0 Å². The number of hydrogen-bond acceptors (Lipinski definition) is 1. The van der Waals surface area contributed by atoms with E-state index in [0.717, 1.165) is 23.1 Å². The summed E-state index contributed by atoms with van der Waals surface area (Å²) in [6, 6.07) is 15.4.